The molecule has 1 aromatic rings. The van der Waals surface area contributed by atoms with Crippen molar-refractivity contribution in [2.75, 3.05) is 6.54 Å². The van der Waals surface area contributed by atoms with Gasteiger partial charge in [-0.3, -0.25) is 9.59 Å². The molecule has 18 heavy (non-hydrogen) atoms. The van der Waals surface area contributed by atoms with Crippen molar-refractivity contribution in [2.24, 2.45) is 5.92 Å². The number of aryl methyl sites for hydroxylation is 1. The van der Waals surface area contributed by atoms with Gasteiger partial charge in [0.1, 0.15) is 5.69 Å². The molecule has 6 nitrogen and oxygen atoms in total. The van der Waals surface area contributed by atoms with Gasteiger partial charge in [0.25, 0.3) is 5.91 Å². The summed E-state index contributed by atoms with van der Waals surface area (Å²) < 4.78 is 0. The maximum atomic E-state index is 11.7. The molecule has 0 aromatic carbocycles. The highest BCUT2D eigenvalue weighted by molar-refractivity contribution is 6.28. The maximum Gasteiger partial charge on any atom is 0.306 e. The van der Waals surface area contributed by atoms with Gasteiger partial charge in [0.2, 0.25) is 5.28 Å². The molecular formula is C11H14ClN3O3. The molecule has 7 heteroatoms. The molecule has 0 spiro atoms. The lowest BCUT2D eigenvalue weighted by molar-refractivity contribution is -0.141. The molecule has 1 amide bonds. The molecule has 0 aliphatic rings. The maximum absolute atomic E-state index is 11.7. The summed E-state index contributed by atoms with van der Waals surface area (Å²) in [5.74, 6) is -1.77. The van der Waals surface area contributed by atoms with Gasteiger partial charge in [-0.05, 0) is 31.0 Å². The van der Waals surface area contributed by atoms with Crippen LogP contribution in [0.5, 0.6) is 0 Å². The first-order valence-electron chi connectivity index (χ1n) is 5.42. The summed E-state index contributed by atoms with van der Waals surface area (Å²) in [6.07, 6.45) is 0.360. The first kappa shape index (κ1) is 14.4. The van der Waals surface area contributed by atoms with E-state index in [1.165, 1.54) is 6.07 Å². The van der Waals surface area contributed by atoms with Crippen LogP contribution in [0.25, 0.3) is 0 Å². The summed E-state index contributed by atoms with van der Waals surface area (Å²) in [5, 5.41) is 11.3. The van der Waals surface area contributed by atoms with Crippen molar-refractivity contribution < 1.29 is 14.7 Å². The minimum atomic E-state index is -0.884. The van der Waals surface area contributed by atoms with Gasteiger partial charge in [-0.2, -0.15) is 0 Å². The Labute approximate surface area is 109 Å². The molecule has 0 aliphatic heterocycles. The molecule has 1 heterocycles. The van der Waals surface area contributed by atoms with E-state index in [9.17, 15) is 9.59 Å². The molecule has 98 valence electrons. The van der Waals surface area contributed by atoms with Gasteiger partial charge >= 0.3 is 5.97 Å². The van der Waals surface area contributed by atoms with Crippen molar-refractivity contribution in [3.8, 4) is 0 Å². The molecule has 0 radical (unpaired) electrons. The molecule has 0 saturated carbocycles. The Morgan fingerprint density at radius 3 is 2.72 bits per heavy atom. The SMILES string of the molecule is Cc1cc(C(=O)NCCC(C)C(=O)O)nc(Cl)n1. The predicted molar refractivity (Wildman–Crippen MR) is 65.5 cm³/mol. The van der Waals surface area contributed by atoms with Crippen LogP contribution in [0.3, 0.4) is 0 Å². The third-order valence-electron chi connectivity index (χ3n) is 2.34. The number of halogens is 1. The van der Waals surface area contributed by atoms with E-state index in [0.717, 1.165) is 0 Å². The second-order valence-corrected chi connectivity index (χ2v) is 4.29. The highest BCUT2D eigenvalue weighted by Crippen LogP contribution is 2.05. The van der Waals surface area contributed by atoms with Crippen molar-refractivity contribution in [1.29, 1.82) is 0 Å². The Balaban J connectivity index is 2.53. The Morgan fingerprint density at radius 2 is 2.17 bits per heavy atom. The summed E-state index contributed by atoms with van der Waals surface area (Å²) >= 11 is 5.64. The molecule has 0 fully saturated rings. The van der Waals surface area contributed by atoms with Gasteiger partial charge in [-0.25, -0.2) is 9.97 Å². The van der Waals surface area contributed by atoms with Crippen LogP contribution in [0, 0.1) is 12.8 Å². The van der Waals surface area contributed by atoms with Gasteiger partial charge in [0.15, 0.2) is 0 Å². The van der Waals surface area contributed by atoms with Crippen molar-refractivity contribution in [2.45, 2.75) is 20.3 Å². The largest absolute Gasteiger partial charge is 0.481 e. The van der Waals surface area contributed by atoms with E-state index < -0.39 is 11.9 Å². The minimum absolute atomic E-state index is 0.0130. The van der Waals surface area contributed by atoms with Crippen LogP contribution >= 0.6 is 11.6 Å². The van der Waals surface area contributed by atoms with Crippen molar-refractivity contribution >= 4 is 23.5 Å². The lowest BCUT2D eigenvalue weighted by Crippen LogP contribution is -2.28. The van der Waals surface area contributed by atoms with E-state index in [0.29, 0.717) is 12.1 Å². The quantitative estimate of drug-likeness (QED) is 0.787. The van der Waals surface area contributed by atoms with Gasteiger partial charge in [-0.1, -0.05) is 6.92 Å². The monoisotopic (exact) mass is 271 g/mol. The third-order valence-corrected chi connectivity index (χ3v) is 2.51. The number of carboxylic acid groups (broad SMARTS) is 1. The van der Waals surface area contributed by atoms with Crippen LogP contribution < -0.4 is 5.32 Å². The molecule has 1 rings (SSSR count). The molecule has 1 aromatic heterocycles. The smallest absolute Gasteiger partial charge is 0.306 e. The second kappa shape index (κ2) is 6.30. The molecule has 0 saturated heterocycles. The van der Waals surface area contributed by atoms with Crippen LogP contribution in [0.1, 0.15) is 29.5 Å². The summed E-state index contributed by atoms with van der Waals surface area (Å²) in [5.41, 5.74) is 0.773. The Bertz CT molecular complexity index is 445. The van der Waals surface area contributed by atoms with Crippen LogP contribution in [0.15, 0.2) is 6.07 Å². The number of carbonyl (C=O) groups excluding carboxylic acids is 1. The lowest BCUT2D eigenvalue weighted by atomic mass is 10.1. The summed E-state index contributed by atoms with van der Waals surface area (Å²) in [4.78, 5) is 29.9. The Hall–Kier alpha value is -1.69. The fourth-order valence-electron chi connectivity index (χ4n) is 1.26. The standard InChI is InChI=1S/C11H14ClN3O3/c1-6(10(17)18)3-4-13-9(16)8-5-7(2)14-11(12)15-8/h5-6H,3-4H2,1-2H3,(H,13,16)(H,17,18). The summed E-state index contributed by atoms with van der Waals surface area (Å²) in [6, 6.07) is 1.52. The van der Waals surface area contributed by atoms with E-state index in [2.05, 4.69) is 15.3 Å². The van der Waals surface area contributed by atoms with Gasteiger partial charge in [-0.15, -0.1) is 0 Å². The van der Waals surface area contributed by atoms with E-state index in [1.54, 1.807) is 13.8 Å². The number of aliphatic carboxylic acids is 1. The first-order chi connectivity index (χ1) is 8.40. The van der Waals surface area contributed by atoms with E-state index in [4.69, 9.17) is 16.7 Å². The average molecular weight is 272 g/mol. The normalized spacial score (nSPS) is 11.9. The number of rotatable bonds is 5. The number of hydrogen-bond acceptors (Lipinski definition) is 4. The minimum Gasteiger partial charge on any atom is -0.481 e. The van der Waals surface area contributed by atoms with E-state index in [1.807, 2.05) is 0 Å². The van der Waals surface area contributed by atoms with E-state index >= 15 is 0 Å². The Morgan fingerprint density at radius 1 is 1.50 bits per heavy atom. The average Bonchev–Trinajstić information content (AvgIpc) is 2.27. The molecule has 2 N–H and O–H groups in total. The number of nitrogens with zero attached hydrogens (tertiary/aromatic N) is 2. The van der Waals surface area contributed by atoms with Crippen molar-refractivity contribution in [3.63, 3.8) is 0 Å². The summed E-state index contributed by atoms with van der Waals surface area (Å²) in [6.45, 7) is 3.56. The van der Waals surface area contributed by atoms with Crippen molar-refractivity contribution in [3.05, 3.63) is 22.7 Å². The summed E-state index contributed by atoms with van der Waals surface area (Å²) in [7, 11) is 0. The number of hydrogen-bond donors (Lipinski definition) is 2. The molecular weight excluding hydrogens is 258 g/mol. The topological polar surface area (TPSA) is 92.2 Å². The van der Waals surface area contributed by atoms with Crippen LogP contribution in [0.4, 0.5) is 0 Å². The number of carboxylic acids is 1. The highest BCUT2D eigenvalue weighted by Gasteiger charge is 2.13. The molecule has 0 bridgehead atoms. The zero-order valence-electron chi connectivity index (χ0n) is 10.1. The van der Waals surface area contributed by atoms with Crippen LogP contribution in [-0.4, -0.2) is 33.5 Å². The number of nitrogens with one attached hydrogen (secondary N) is 1. The Kier molecular flexibility index (Phi) is 5.03. The second-order valence-electron chi connectivity index (χ2n) is 3.95. The van der Waals surface area contributed by atoms with Crippen molar-refractivity contribution in [1.82, 2.24) is 15.3 Å². The number of carbonyl (C=O) groups is 2. The number of amides is 1. The first-order valence-corrected chi connectivity index (χ1v) is 5.80. The van der Waals surface area contributed by atoms with Crippen LogP contribution in [-0.2, 0) is 4.79 Å². The molecule has 1 unspecified atom stereocenters. The fraction of sp³-hybridized carbons (Fsp3) is 0.455. The molecule has 1 atom stereocenters. The fourth-order valence-corrected chi connectivity index (χ4v) is 1.49. The van der Waals surface area contributed by atoms with Gasteiger partial charge < -0.3 is 10.4 Å². The van der Waals surface area contributed by atoms with E-state index in [-0.39, 0.29) is 23.4 Å². The third kappa shape index (κ3) is 4.29. The zero-order chi connectivity index (χ0) is 13.7. The van der Waals surface area contributed by atoms with Gasteiger partial charge in [0, 0.05) is 12.2 Å². The number of aromatic nitrogens is 2. The highest BCUT2D eigenvalue weighted by atomic mass is 35.5. The lowest BCUT2D eigenvalue weighted by Gasteiger charge is -2.07. The van der Waals surface area contributed by atoms with Crippen LogP contribution in [0.2, 0.25) is 5.28 Å². The molecule has 0 aliphatic carbocycles. The van der Waals surface area contributed by atoms with Gasteiger partial charge in [0.05, 0.1) is 5.92 Å². The predicted octanol–water partition coefficient (Wildman–Crippen LogP) is 1.28. The zero-order valence-corrected chi connectivity index (χ0v) is 10.9.